The van der Waals surface area contributed by atoms with Crippen LogP contribution in [0, 0.1) is 6.92 Å². The van der Waals surface area contributed by atoms with Crippen LogP contribution in [0.3, 0.4) is 0 Å². The van der Waals surface area contributed by atoms with Gasteiger partial charge in [-0.1, -0.05) is 53.8 Å². The van der Waals surface area contributed by atoms with Crippen molar-refractivity contribution >= 4 is 42.6 Å². The number of thiazole rings is 1. The van der Waals surface area contributed by atoms with Gasteiger partial charge < -0.3 is 9.47 Å². The van der Waals surface area contributed by atoms with E-state index >= 15 is 0 Å². The van der Waals surface area contributed by atoms with Crippen LogP contribution in [0.5, 0.6) is 0 Å². The third-order valence-electron chi connectivity index (χ3n) is 6.10. The summed E-state index contributed by atoms with van der Waals surface area (Å²) in [5, 5.41) is 0.588. The SMILES string of the molecule is COCCN(CCOC)S(=O)(=O)c1ccc(C(=O)N(Cc2ccccc2)c2nc3c(C)cccc3s2)cc1. The number of amides is 1. The number of benzene rings is 3. The third-order valence-corrected chi connectivity index (χ3v) is 9.05. The number of ether oxygens (including phenoxy) is 2. The monoisotopic (exact) mass is 553 g/mol. The third kappa shape index (κ3) is 6.28. The van der Waals surface area contributed by atoms with E-state index < -0.39 is 10.0 Å². The van der Waals surface area contributed by atoms with Crippen molar-refractivity contribution < 1.29 is 22.7 Å². The minimum atomic E-state index is -3.79. The predicted octanol–water partition coefficient (Wildman–Crippen LogP) is 4.74. The van der Waals surface area contributed by atoms with Gasteiger partial charge in [0.25, 0.3) is 5.91 Å². The highest BCUT2D eigenvalue weighted by atomic mass is 32.2. The summed E-state index contributed by atoms with van der Waals surface area (Å²) in [5.74, 6) is -0.259. The molecule has 1 amide bonds. The lowest BCUT2D eigenvalue weighted by Crippen LogP contribution is -2.36. The molecule has 0 spiro atoms. The Morgan fingerprint density at radius 2 is 1.55 bits per heavy atom. The second-order valence-corrected chi connectivity index (χ2v) is 11.7. The largest absolute Gasteiger partial charge is 0.383 e. The number of sulfonamides is 1. The van der Waals surface area contributed by atoms with Gasteiger partial charge in [0.2, 0.25) is 10.0 Å². The Balaban J connectivity index is 1.65. The van der Waals surface area contributed by atoms with Crippen molar-refractivity contribution in [2.45, 2.75) is 18.4 Å². The topological polar surface area (TPSA) is 89.0 Å². The van der Waals surface area contributed by atoms with E-state index in [1.54, 1.807) is 17.0 Å². The molecule has 0 aliphatic carbocycles. The molecule has 1 aromatic heterocycles. The molecule has 0 aliphatic heterocycles. The summed E-state index contributed by atoms with van der Waals surface area (Å²) in [6, 6.07) is 21.7. The molecule has 10 heteroatoms. The van der Waals surface area contributed by atoms with Gasteiger partial charge in [-0.05, 0) is 48.4 Å². The number of aromatic nitrogens is 1. The zero-order valence-electron chi connectivity index (χ0n) is 21.7. The number of para-hydroxylation sites is 1. The van der Waals surface area contributed by atoms with E-state index in [4.69, 9.17) is 14.5 Å². The lowest BCUT2D eigenvalue weighted by molar-refractivity contribution is 0.0985. The van der Waals surface area contributed by atoms with Crippen LogP contribution in [0.4, 0.5) is 5.13 Å². The molecule has 3 aromatic carbocycles. The normalized spacial score (nSPS) is 11.8. The number of fused-ring (bicyclic) bond motifs is 1. The number of hydrogen-bond donors (Lipinski definition) is 0. The van der Waals surface area contributed by atoms with Crippen molar-refractivity contribution in [3.05, 3.63) is 89.5 Å². The highest BCUT2D eigenvalue weighted by molar-refractivity contribution is 7.89. The van der Waals surface area contributed by atoms with Crippen LogP contribution >= 0.6 is 11.3 Å². The maximum atomic E-state index is 13.8. The number of carbonyl (C=O) groups excluding carboxylic acids is 1. The molecule has 0 saturated heterocycles. The summed E-state index contributed by atoms with van der Waals surface area (Å²) in [4.78, 5) is 20.3. The molecule has 0 N–H and O–H groups in total. The summed E-state index contributed by atoms with van der Waals surface area (Å²) in [6.45, 7) is 3.25. The van der Waals surface area contributed by atoms with Crippen molar-refractivity contribution in [2.24, 2.45) is 0 Å². The molecule has 4 aromatic rings. The van der Waals surface area contributed by atoms with Crippen molar-refractivity contribution in [2.75, 3.05) is 45.4 Å². The van der Waals surface area contributed by atoms with E-state index in [1.165, 1.54) is 42.0 Å². The quantitative estimate of drug-likeness (QED) is 0.252. The van der Waals surface area contributed by atoms with Gasteiger partial charge in [-0.25, -0.2) is 13.4 Å². The van der Waals surface area contributed by atoms with Gasteiger partial charge in [0, 0.05) is 32.9 Å². The van der Waals surface area contributed by atoms with Gasteiger partial charge in [0.1, 0.15) is 0 Å². The first kappa shape index (κ1) is 27.9. The number of hydrogen-bond acceptors (Lipinski definition) is 7. The van der Waals surface area contributed by atoms with E-state index in [0.717, 1.165) is 21.3 Å². The standard InChI is InChI=1S/C28H31N3O5S2/c1-21-8-7-11-25-26(21)29-28(37-25)31(20-22-9-5-4-6-10-22)27(32)23-12-14-24(15-13-23)38(33,34)30(16-18-35-2)17-19-36-3/h4-15H,16-20H2,1-3H3. The molecular weight excluding hydrogens is 522 g/mol. The number of aryl methyl sites for hydroxylation is 1. The fraction of sp³-hybridized carbons (Fsp3) is 0.286. The molecule has 0 unspecified atom stereocenters. The Kier molecular flexibility index (Phi) is 9.24. The lowest BCUT2D eigenvalue weighted by Gasteiger charge is -2.22. The molecule has 4 rings (SSSR count). The van der Waals surface area contributed by atoms with E-state index in [1.807, 2.05) is 55.5 Å². The second kappa shape index (κ2) is 12.6. The average Bonchev–Trinajstić information content (AvgIpc) is 3.37. The number of anilines is 1. The molecule has 8 nitrogen and oxygen atoms in total. The minimum Gasteiger partial charge on any atom is -0.383 e. The molecule has 0 aliphatic rings. The van der Waals surface area contributed by atoms with E-state index in [9.17, 15) is 13.2 Å². The number of rotatable bonds is 12. The molecule has 0 fully saturated rings. The van der Waals surface area contributed by atoms with Crippen LogP contribution < -0.4 is 4.90 Å². The fourth-order valence-electron chi connectivity index (χ4n) is 3.99. The lowest BCUT2D eigenvalue weighted by atomic mass is 10.1. The van der Waals surface area contributed by atoms with Gasteiger partial charge in [0.05, 0.1) is 34.9 Å². The predicted molar refractivity (Wildman–Crippen MR) is 150 cm³/mol. The van der Waals surface area contributed by atoms with Crippen LogP contribution in [0.1, 0.15) is 21.5 Å². The smallest absolute Gasteiger partial charge is 0.260 e. The average molecular weight is 554 g/mol. The fourth-order valence-corrected chi connectivity index (χ4v) is 6.44. The minimum absolute atomic E-state index is 0.103. The zero-order valence-corrected chi connectivity index (χ0v) is 23.3. The molecule has 0 saturated carbocycles. The molecule has 38 heavy (non-hydrogen) atoms. The van der Waals surface area contributed by atoms with Gasteiger partial charge in [-0.3, -0.25) is 9.69 Å². The summed E-state index contributed by atoms with van der Waals surface area (Å²) >= 11 is 1.46. The highest BCUT2D eigenvalue weighted by Gasteiger charge is 2.26. The molecular formula is C28H31N3O5S2. The summed E-state index contributed by atoms with van der Waals surface area (Å²) in [6.07, 6.45) is 0. The Bertz CT molecular complexity index is 1460. The highest BCUT2D eigenvalue weighted by Crippen LogP contribution is 2.32. The van der Waals surface area contributed by atoms with Crippen molar-refractivity contribution in [3.8, 4) is 0 Å². The zero-order chi connectivity index (χ0) is 27.1. The Morgan fingerprint density at radius 3 is 2.16 bits per heavy atom. The molecule has 0 atom stereocenters. The maximum Gasteiger partial charge on any atom is 0.260 e. The Morgan fingerprint density at radius 1 is 0.895 bits per heavy atom. The molecule has 0 radical (unpaired) electrons. The molecule has 1 heterocycles. The van der Waals surface area contributed by atoms with Crippen LogP contribution in [-0.2, 0) is 26.0 Å². The van der Waals surface area contributed by atoms with E-state index in [0.29, 0.717) is 17.2 Å². The second-order valence-electron chi connectivity index (χ2n) is 8.71. The van der Waals surface area contributed by atoms with Crippen molar-refractivity contribution in [1.29, 1.82) is 0 Å². The first-order valence-corrected chi connectivity index (χ1v) is 14.4. The number of nitrogens with zero attached hydrogens (tertiary/aromatic N) is 3. The van der Waals surface area contributed by atoms with Gasteiger partial charge in [0.15, 0.2) is 5.13 Å². The number of carbonyl (C=O) groups is 1. The summed E-state index contributed by atoms with van der Waals surface area (Å²) in [5.41, 5.74) is 3.24. The van der Waals surface area contributed by atoms with E-state index in [-0.39, 0.29) is 37.1 Å². The Labute approximate surface area is 227 Å². The summed E-state index contributed by atoms with van der Waals surface area (Å²) < 4.78 is 39.0. The van der Waals surface area contributed by atoms with Crippen LogP contribution in [0.2, 0.25) is 0 Å². The van der Waals surface area contributed by atoms with Crippen molar-refractivity contribution in [3.63, 3.8) is 0 Å². The van der Waals surface area contributed by atoms with Gasteiger partial charge >= 0.3 is 0 Å². The summed E-state index contributed by atoms with van der Waals surface area (Å²) in [7, 11) is -0.746. The van der Waals surface area contributed by atoms with Crippen molar-refractivity contribution in [1.82, 2.24) is 9.29 Å². The Hall–Kier alpha value is -3.15. The first-order chi connectivity index (χ1) is 18.3. The van der Waals surface area contributed by atoms with Crippen LogP contribution in [-0.4, -0.2) is 64.1 Å². The van der Waals surface area contributed by atoms with E-state index in [2.05, 4.69) is 0 Å². The maximum absolute atomic E-state index is 13.8. The molecule has 200 valence electrons. The number of methoxy groups -OCH3 is 2. The molecule has 0 bridgehead atoms. The van der Waals surface area contributed by atoms with Crippen LogP contribution in [0.15, 0.2) is 77.7 Å². The van der Waals surface area contributed by atoms with Gasteiger partial charge in [-0.15, -0.1) is 0 Å². The van der Waals surface area contributed by atoms with Gasteiger partial charge in [-0.2, -0.15) is 4.31 Å². The van der Waals surface area contributed by atoms with Crippen LogP contribution in [0.25, 0.3) is 10.2 Å². The first-order valence-electron chi connectivity index (χ1n) is 12.1.